The number of aromatic nitrogens is 1. The van der Waals surface area contributed by atoms with Crippen LogP contribution >= 0.6 is 22.7 Å². The smallest absolute Gasteiger partial charge is 0.263 e. The minimum absolute atomic E-state index is 0.155. The second kappa shape index (κ2) is 6.97. The van der Waals surface area contributed by atoms with Crippen LogP contribution in [-0.4, -0.2) is 28.6 Å². The molecule has 0 saturated carbocycles. The van der Waals surface area contributed by atoms with Gasteiger partial charge in [0.1, 0.15) is 9.88 Å². The average molecular weight is 310 g/mol. The van der Waals surface area contributed by atoms with Crippen LogP contribution < -0.4 is 5.32 Å². The molecule has 20 heavy (non-hydrogen) atoms. The first-order valence-corrected chi connectivity index (χ1v) is 8.29. The molecule has 0 aliphatic rings. The van der Waals surface area contributed by atoms with Crippen LogP contribution in [0.1, 0.15) is 35.1 Å². The molecule has 1 atom stereocenters. The zero-order valence-corrected chi connectivity index (χ0v) is 13.2. The summed E-state index contributed by atoms with van der Waals surface area (Å²) in [5, 5.41) is 15.3. The lowest BCUT2D eigenvalue weighted by Gasteiger charge is -2.09. The highest BCUT2D eigenvalue weighted by molar-refractivity contribution is 7.22. The molecule has 0 spiro atoms. The van der Waals surface area contributed by atoms with Crippen LogP contribution in [0.5, 0.6) is 0 Å². The Balaban J connectivity index is 2.03. The highest BCUT2D eigenvalue weighted by Gasteiger charge is 2.17. The Bertz CT molecular complexity index is 564. The first-order valence-electron chi connectivity index (χ1n) is 6.59. The maximum Gasteiger partial charge on any atom is 0.263 e. The molecular weight excluding hydrogens is 292 g/mol. The standard InChI is InChI=1S/C14H18N2O2S2/c1-3-5-10(17)8-15-13(18)12-9(2)16-14(20-12)11-6-4-7-19-11/h4,6-7,10,17H,3,5,8H2,1-2H3,(H,15,18). The van der Waals surface area contributed by atoms with Gasteiger partial charge in [-0.05, 0) is 24.8 Å². The van der Waals surface area contributed by atoms with Crippen LogP contribution in [-0.2, 0) is 0 Å². The van der Waals surface area contributed by atoms with Crippen molar-refractivity contribution in [3.8, 4) is 9.88 Å². The SMILES string of the molecule is CCCC(O)CNC(=O)c1sc(-c2cccs2)nc1C. The van der Waals surface area contributed by atoms with Gasteiger partial charge in [-0.1, -0.05) is 19.4 Å². The lowest BCUT2D eigenvalue weighted by Crippen LogP contribution is -2.31. The molecule has 2 aromatic heterocycles. The number of carbonyl (C=O) groups is 1. The molecule has 2 rings (SSSR count). The molecule has 0 bridgehead atoms. The van der Waals surface area contributed by atoms with Crippen LogP contribution in [0.15, 0.2) is 17.5 Å². The highest BCUT2D eigenvalue weighted by atomic mass is 32.1. The summed E-state index contributed by atoms with van der Waals surface area (Å²) in [6.07, 6.45) is 1.12. The summed E-state index contributed by atoms with van der Waals surface area (Å²) in [6.45, 7) is 4.13. The number of thiophene rings is 1. The first-order chi connectivity index (χ1) is 9.61. The van der Waals surface area contributed by atoms with Crippen molar-refractivity contribution in [1.82, 2.24) is 10.3 Å². The quantitative estimate of drug-likeness (QED) is 0.862. The number of aliphatic hydroxyl groups is 1. The van der Waals surface area contributed by atoms with Gasteiger partial charge in [0.25, 0.3) is 5.91 Å². The van der Waals surface area contributed by atoms with E-state index < -0.39 is 6.10 Å². The van der Waals surface area contributed by atoms with Gasteiger partial charge in [0.2, 0.25) is 0 Å². The van der Waals surface area contributed by atoms with E-state index in [1.807, 2.05) is 31.4 Å². The maximum atomic E-state index is 12.1. The Morgan fingerprint density at radius 2 is 2.35 bits per heavy atom. The summed E-state index contributed by atoms with van der Waals surface area (Å²) in [7, 11) is 0. The second-order valence-electron chi connectivity index (χ2n) is 4.56. The molecule has 0 aromatic carbocycles. The van der Waals surface area contributed by atoms with Gasteiger partial charge in [0.05, 0.1) is 16.7 Å². The number of nitrogens with one attached hydrogen (secondary N) is 1. The number of hydrogen-bond donors (Lipinski definition) is 2. The minimum Gasteiger partial charge on any atom is -0.391 e. The third kappa shape index (κ3) is 3.65. The van der Waals surface area contributed by atoms with E-state index in [1.54, 1.807) is 11.3 Å². The number of thiazole rings is 1. The van der Waals surface area contributed by atoms with Crippen LogP contribution in [0.2, 0.25) is 0 Å². The third-order valence-electron chi connectivity index (χ3n) is 2.85. The summed E-state index contributed by atoms with van der Waals surface area (Å²) < 4.78 is 0. The van der Waals surface area contributed by atoms with Crippen LogP contribution in [0, 0.1) is 6.92 Å². The summed E-state index contributed by atoms with van der Waals surface area (Å²) in [5.41, 5.74) is 0.737. The van der Waals surface area contributed by atoms with Gasteiger partial charge >= 0.3 is 0 Å². The molecule has 0 aliphatic heterocycles. The summed E-state index contributed by atoms with van der Waals surface area (Å²) in [5.74, 6) is -0.155. The Morgan fingerprint density at radius 3 is 3.00 bits per heavy atom. The molecule has 2 heterocycles. The fourth-order valence-electron chi connectivity index (χ4n) is 1.84. The molecule has 1 unspecified atom stereocenters. The summed E-state index contributed by atoms with van der Waals surface area (Å²) >= 11 is 3.01. The Morgan fingerprint density at radius 1 is 1.55 bits per heavy atom. The summed E-state index contributed by atoms with van der Waals surface area (Å²) in [4.78, 5) is 18.2. The Labute approximate surface area is 126 Å². The zero-order chi connectivity index (χ0) is 14.5. The number of carbonyl (C=O) groups excluding carboxylic acids is 1. The Kier molecular flexibility index (Phi) is 5.28. The normalized spacial score (nSPS) is 12.3. The molecule has 2 N–H and O–H groups in total. The van der Waals surface area contributed by atoms with Crippen molar-refractivity contribution >= 4 is 28.6 Å². The predicted octanol–water partition coefficient (Wildman–Crippen LogP) is 3.07. The minimum atomic E-state index is -0.478. The van der Waals surface area contributed by atoms with Crippen LogP contribution in [0.4, 0.5) is 0 Å². The fourth-order valence-corrected chi connectivity index (χ4v) is 3.62. The molecular formula is C14H18N2O2S2. The number of hydrogen-bond acceptors (Lipinski definition) is 5. The van der Waals surface area contributed by atoms with Gasteiger partial charge in [0.15, 0.2) is 0 Å². The van der Waals surface area contributed by atoms with Gasteiger partial charge in [-0.3, -0.25) is 4.79 Å². The molecule has 2 aromatic rings. The molecule has 0 saturated heterocycles. The second-order valence-corrected chi connectivity index (χ2v) is 6.51. The van der Waals surface area contributed by atoms with Crippen LogP contribution in [0.3, 0.4) is 0 Å². The third-order valence-corrected chi connectivity index (χ3v) is 5.05. The predicted molar refractivity (Wildman–Crippen MR) is 83.4 cm³/mol. The number of aryl methyl sites for hydroxylation is 1. The number of rotatable bonds is 6. The van der Waals surface area contributed by atoms with Gasteiger partial charge in [0, 0.05) is 6.54 Å². The fraction of sp³-hybridized carbons (Fsp3) is 0.429. The van der Waals surface area contributed by atoms with E-state index in [-0.39, 0.29) is 5.91 Å². The van der Waals surface area contributed by atoms with E-state index in [1.165, 1.54) is 11.3 Å². The lowest BCUT2D eigenvalue weighted by atomic mass is 10.2. The first kappa shape index (κ1) is 15.2. The summed E-state index contributed by atoms with van der Waals surface area (Å²) in [6, 6.07) is 3.97. The molecule has 4 nitrogen and oxygen atoms in total. The van der Waals surface area contributed by atoms with Gasteiger partial charge in [-0.2, -0.15) is 0 Å². The monoisotopic (exact) mass is 310 g/mol. The van der Waals surface area contributed by atoms with Gasteiger partial charge in [-0.15, -0.1) is 22.7 Å². The van der Waals surface area contributed by atoms with Gasteiger partial charge < -0.3 is 10.4 Å². The molecule has 0 radical (unpaired) electrons. The van der Waals surface area contributed by atoms with E-state index in [9.17, 15) is 9.90 Å². The van der Waals surface area contributed by atoms with Crippen molar-refractivity contribution in [3.63, 3.8) is 0 Å². The average Bonchev–Trinajstić information content (AvgIpc) is 3.05. The van der Waals surface area contributed by atoms with Crippen molar-refractivity contribution in [2.24, 2.45) is 0 Å². The molecule has 1 amide bonds. The topological polar surface area (TPSA) is 62.2 Å². The molecule has 0 aliphatic carbocycles. The number of amides is 1. The molecule has 0 fully saturated rings. The Hall–Kier alpha value is -1.24. The largest absolute Gasteiger partial charge is 0.391 e. The van der Waals surface area contributed by atoms with E-state index in [0.29, 0.717) is 17.8 Å². The van der Waals surface area contributed by atoms with Crippen molar-refractivity contribution in [1.29, 1.82) is 0 Å². The van der Waals surface area contributed by atoms with Crippen molar-refractivity contribution in [2.75, 3.05) is 6.54 Å². The highest BCUT2D eigenvalue weighted by Crippen LogP contribution is 2.30. The zero-order valence-electron chi connectivity index (χ0n) is 11.5. The van der Waals surface area contributed by atoms with Gasteiger partial charge in [-0.25, -0.2) is 4.98 Å². The van der Waals surface area contributed by atoms with Crippen molar-refractivity contribution in [3.05, 3.63) is 28.1 Å². The number of aliphatic hydroxyl groups excluding tert-OH is 1. The lowest BCUT2D eigenvalue weighted by molar-refractivity contribution is 0.0913. The van der Waals surface area contributed by atoms with E-state index in [4.69, 9.17) is 0 Å². The molecule has 6 heteroatoms. The number of nitrogens with zero attached hydrogens (tertiary/aromatic N) is 1. The van der Waals surface area contributed by atoms with Crippen molar-refractivity contribution in [2.45, 2.75) is 32.8 Å². The van der Waals surface area contributed by atoms with E-state index in [2.05, 4.69) is 10.3 Å². The molecule has 108 valence electrons. The van der Waals surface area contributed by atoms with E-state index >= 15 is 0 Å². The maximum absolute atomic E-state index is 12.1. The van der Waals surface area contributed by atoms with Crippen molar-refractivity contribution < 1.29 is 9.90 Å². The van der Waals surface area contributed by atoms with E-state index in [0.717, 1.165) is 22.0 Å². The van der Waals surface area contributed by atoms with Crippen LogP contribution in [0.25, 0.3) is 9.88 Å².